The van der Waals surface area contributed by atoms with Gasteiger partial charge in [-0.1, -0.05) is 22.0 Å². The Bertz CT molecular complexity index is 615. The van der Waals surface area contributed by atoms with Crippen LogP contribution in [0.25, 0.3) is 0 Å². The van der Waals surface area contributed by atoms with E-state index < -0.39 is 11.7 Å². The average Bonchev–Trinajstić information content (AvgIpc) is 2.36. The monoisotopic (exact) mass is 408 g/mol. The molecule has 1 aromatic heterocycles. The van der Waals surface area contributed by atoms with Crippen LogP contribution in [0.2, 0.25) is 0 Å². The zero-order valence-electron chi connectivity index (χ0n) is 10.0. The van der Waals surface area contributed by atoms with Crippen molar-refractivity contribution in [3.63, 3.8) is 0 Å². The molecule has 7 heteroatoms. The maximum absolute atomic E-state index is 12.9. The van der Waals surface area contributed by atoms with Crippen molar-refractivity contribution in [3.05, 3.63) is 56.7 Å². The third-order valence-corrected chi connectivity index (χ3v) is 3.45. The number of rotatable bonds is 3. The van der Waals surface area contributed by atoms with Gasteiger partial charge in [0.1, 0.15) is 4.60 Å². The molecule has 2 nitrogen and oxygen atoms in total. The molecular weight excluding hydrogens is 401 g/mol. The number of pyridine rings is 1. The molecule has 0 saturated heterocycles. The summed E-state index contributed by atoms with van der Waals surface area (Å²) >= 11 is 6.27. The molecule has 2 rings (SSSR count). The molecule has 1 heterocycles. The Morgan fingerprint density at radius 1 is 1.10 bits per heavy atom. The molecule has 106 valence electrons. The number of benzene rings is 1. The zero-order valence-corrected chi connectivity index (χ0v) is 13.2. The van der Waals surface area contributed by atoms with E-state index in [-0.39, 0.29) is 12.2 Å². The Morgan fingerprint density at radius 3 is 2.50 bits per heavy atom. The number of anilines is 1. The first-order valence-corrected chi connectivity index (χ1v) is 7.17. The van der Waals surface area contributed by atoms with Crippen molar-refractivity contribution in [3.8, 4) is 0 Å². The Hall–Kier alpha value is -1.08. The topological polar surface area (TPSA) is 24.9 Å². The lowest BCUT2D eigenvalue weighted by atomic mass is 10.1. The predicted molar refractivity (Wildman–Crippen MR) is 78.4 cm³/mol. The molecule has 20 heavy (non-hydrogen) atoms. The first kappa shape index (κ1) is 15.3. The number of aromatic nitrogens is 1. The van der Waals surface area contributed by atoms with Crippen LogP contribution in [-0.4, -0.2) is 4.98 Å². The fraction of sp³-hybridized carbons (Fsp3) is 0.154. The van der Waals surface area contributed by atoms with E-state index in [0.717, 1.165) is 6.07 Å². The lowest BCUT2D eigenvalue weighted by Gasteiger charge is -2.14. The van der Waals surface area contributed by atoms with Crippen molar-refractivity contribution in [1.82, 2.24) is 4.98 Å². The molecule has 1 N–H and O–H groups in total. The van der Waals surface area contributed by atoms with Gasteiger partial charge in [0.2, 0.25) is 0 Å². The summed E-state index contributed by atoms with van der Waals surface area (Å²) in [5, 5.41) is 2.77. The number of halogens is 5. The molecule has 0 aliphatic heterocycles. The highest BCUT2D eigenvalue weighted by molar-refractivity contribution is 9.10. The van der Waals surface area contributed by atoms with Crippen LogP contribution in [0.3, 0.4) is 0 Å². The molecule has 0 aliphatic carbocycles. The third-order valence-electron chi connectivity index (χ3n) is 2.52. The van der Waals surface area contributed by atoms with Crippen molar-refractivity contribution in [1.29, 1.82) is 0 Å². The summed E-state index contributed by atoms with van der Waals surface area (Å²) in [6.45, 7) is 0.212. The van der Waals surface area contributed by atoms with E-state index >= 15 is 0 Å². The maximum atomic E-state index is 12.9. The summed E-state index contributed by atoms with van der Waals surface area (Å²) in [6.07, 6.45) is -4.41. The molecule has 0 amide bonds. The number of hydrogen-bond acceptors (Lipinski definition) is 2. The molecule has 0 atom stereocenters. The zero-order chi connectivity index (χ0) is 14.8. The van der Waals surface area contributed by atoms with Gasteiger partial charge in [0.15, 0.2) is 0 Å². The van der Waals surface area contributed by atoms with Crippen LogP contribution in [0, 0.1) is 0 Å². The van der Waals surface area contributed by atoms with Crippen LogP contribution >= 0.6 is 31.9 Å². The number of nitrogens with one attached hydrogen (secondary N) is 1. The minimum absolute atomic E-state index is 0.0301. The first-order valence-electron chi connectivity index (χ1n) is 5.58. The summed E-state index contributed by atoms with van der Waals surface area (Å²) < 4.78 is 39.8. The van der Waals surface area contributed by atoms with Crippen molar-refractivity contribution in [2.45, 2.75) is 12.7 Å². The number of nitrogens with zero attached hydrogens (tertiary/aromatic N) is 1. The lowest BCUT2D eigenvalue weighted by Crippen LogP contribution is -2.11. The van der Waals surface area contributed by atoms with E-state index in [1.807, 2.05) is 0 Å². The first-order chi connectivity index (χ1) is 9.36. The Kier molecular flexibility index (Phi) is 4.70. The van der Waals surface area contributed by atoms with Gasteiger partial charge in [-0.2, -0.15) is 13.2 Å². The Morgan fingerprint density at radius 2 is 1.85 bits per heavy atom. The van der Waals surface area contributed by atoms with Crippen LogP contribution in [0.15, 0.2) is 45.5 Å². The molecule has 0 aliphatic rings. The summed E-state index contributed by atoms with van der Waals surface area (Å²) in [5.74, 6) is 0. The lowest BCUT2D eigenvalue weighted by molar-refractivity contribution is -0.137. The summed E-state index contributed by atoms with van der Waals surface area (Å²) in [5.41, 5.74) is -0.0280. The highest BCUT2D eigenvalue weighted by Crippen LogP contribution is 2.36. The van der Waals surface area contributed by atoms with Crippen molar-refractivity contribution in [2.75, 3.05) is 5.32 Å². The van der Waals surface area contributed by atoms with Gasteiger partial charge < -0.3 is 5.32 Å². The van der Waals surface area contributed by atoms with Crippen LogP contribution < -0.4 is 5.32 Å². The molecular formula is C13H9Br2F3N2. The summed E-state index contributed by atoms with van der Waals surface area (Å²) in [4.78, 5) is 4.16. The predicted octanol–water partition coefficient (Wildman–Crippen LogP) is 5.24. The second-order valence-corrected chi connectivity index (χ2v) is 5.72. The van der Waals surface area contributed by atoms with Crippen LogP contribution in [0.5, 0.6) is 0 Å². The number of alkyl halides is 3. The molecule has 0 spiro atoms. The standard InChI is InChI=1S/C13H9Br2F3N2/c14-8-4-5-11(10(6-8)13(16,17)18)19-7-9-2-1-3-12(15)20-9/h1-6,19H,7H2. The smallest absolute Gasteiger partial charge is 0.379 e. The van der Waals surface area contributed by atoms with E-state index in [1.165, 1.54) is 6.07 Å². The minimum atomic E-state index is -4.41. The van der Waals surface area contributed by atoms with Crippen LogP contribution in [-0.2, 0) is 12.7 Å². The van der Waals surface area contributed by atoms with E-state index in [4.69, 9.17) is 0 Å². The molecule has 0 radical (unpaired) electrons. The van der Waals surface area contributed by atoms with E-state index in [2.05, 4.69) is 42.2 Å². The molecule has 2 aromatic rings. The van der Waals surface area contributed by atoms with Crippen molar-refractivity contribution in [2.24, 2.45) is 0 Å². The van der Waals surface area contributed by atoms with Gasteiger partial charge in [0.05, 0.1) is 17.8 Å². The molecule has 0 unspecified atom stereocenters. The quantitative estimate of drug-likeness (QED) is 0.701. The maximum Gasteiger partial charge on any atom is 0.418 e. The fourth-order valence-corrected chi connectivity index (χ4v) is 2.38. The van der Waals surface area contributed by atoms with Gasteiger partial charge in [0, 0.05) is 10.2 Å². The van der Waals surface area contributed by atoms with Gasteiger partial charge in [0.25, 0.3) is 0 Å². The van der Waals surface area contributed by atoms with E-state index in [1.54, 1.807) is 24.3 Å². The highest BCUT2D eigenvalue weighted by atomic mass is 79.9. The molecule has 0 bridgehead atoms. The molecule has 0 saturated carbocycles. The van der Waals surface area contributed by atoms with E-state index in [0.29, 0.717) is 14.8 Å². The number of hydrogen-bond donors (Lipinski definition) is 1. The van der Waals surface area contributed by atoms with Gasteiger partial charge >= 0.3 is 6.18 Å². The third kappa shape index (κ3) is 3.96. The van der Waals surface area contributed by atoms with Gasteiger partial charge in [-0.25, -0.2) is 4.98 Å². The highest BCUT2D eigenvalue weighted by Gasteiger charge is 2.33. The Balaban J connectivity index is 2.21. The summed E-state index contributed by atoms with van der Waals surface area (Å²) in [6, 6.07) is 9.28. The normalized spacial score (nSPS) is 11.4. The summed E-state index contributed by atoms with van der Waals surface area (Å²) in [7, 11) is 0. The second-order valence-electron chi connectivity index (χ2n) is 3.99. The van der Waals surface area contributed by atoms with Crippen molar-refractivity contribution >= 4 is 37.5 Å². The van der Waals surface area contributed by atoms with Gasteiger partial charge in [-0.05, 0) is 46.3 Å². The van der Waals surface area contributed by atoms with E-state index in [9.17, 15) is 13.2 Å². The minimum Gasteiger partial charge on any atom is -0.379 e. The van der Waals surface area contributed by atoms with Crippen molar-refractivity contribution < 1.29 is 13.2 Å². The van der Waals surface area contributed by atoms with Crippen LogP contribution in [0.1, 0.15) is 11.3 Å². The van der Waals surface area contributed by atoms with Gasteiger partial charge in [-0.15, -0.1) is 0 Å². The molecule has 1 aromatic carbocycles. The van der Waals surface area contributed by atoms with Crippen LogP contribution in [0.4, 0.5) is 18.9 Å². The van der Waals surface area contributed by atoms with Gasteiger partial charge in [-0.3, -0.25) is 0 Å². The molecule has 0 fully saturated rings. The Labute approximate surface area is 130 Å². The average molecular weight is 410 g/mol. The largest absolute Gasteiger partial charge is 0.418 e. The second kappa shape index (κ2) is 6.13. The fourth-order valence-electron chi connectivity index (χ4n) is 1.64. The SMILES string of the molecule is FC(F)(F)c1cc(Br)ccc1NCc1cccc(Br)n1.